The molecule has 0 saturated heterocycles. The Labute approximate surface area is 142 Å². The predicted molar refractivity (Wildman–Crippen MR) is 102 cm³/mol. The highest BCUT2D eigenvalue weighted by Gasteiger charge is 2.21. The molecule has 1 aliphatic carbocycles. The van der Waals surface area contributed by atoms with Crippen molar-refractivity contribution >= 4 is 10.8 Å². The molecule has 0 unspecified atom stereocenters. The van der Waals surface area contributed by atoms with Crippen LogP contribution < -0.4 is 0 Å². The van der Waals surface area contributed by atoms with Crippen LogP contribution in [0.2, 0.25) is 0 Å². The number of hydrogen-bond donors (Lipinski definition) is 0. The number of rotatable bonds is 6. The van der Waals surface area contributed by atoms with Gasteiger partial charge in [-0.2, -0.15) is 0 Å². The lowest BCUT2D eigenvalue weighted by Crippen LogP contribution is -2.13. The number of unbranched alkanes of at least 4 members (excludes halogenated alkanes) is 1. The number of fused-ring (bicyclic) bond motifs is 1. The van der Waals surface area contributed by atoms with E-state index in [4.69, 9.17) is 0 Å². The summed E-state index contributed by atoms with van der Waals surface area (Å²) in [5.41, 5.74) is 3.07. The first-order chi connectivity index (χ1) is 11.3. The molecule has 0 amide bonds. The van der Waals surface area contributed by atoms with E-state index in [1.165, 1.54) is 74.1 Å². The van der Waals surface area contributed by atoms with E-state index in [2.05, 4.69) is 50.2 Å². The third kappa shape index (κ3) is 4.16. The van der Waals surface area contributed by atoms with Gasteiger partial charge in [-0.1, -0.05) is 69.5 Å². The van der Waals surface area contributed by atoms with Gasteiger partial charge in [-0.3, -0.25) is 0 Å². The summed E-state index contributed by atoms with van der Waals surface area (Å²) in [6.07, 6.45) is 12.2. The van der Waals surface area contributed by atoms with Crippen LogP contribution in [-0.2, 0) is 6.42 Å². The SMILES string of the molecule is CCCCc1ccc2cc([C@H]3CC[C@H](CCC)CC3)ccc2c1. The Kier molecular flexibility index (Phi) is 5.75. The molecule has 1 saturated carbocycles. The van der Waals surface area contributed by atoms with Crippen molar-refractivity contribution < 1.29 is 0 Å². The zero-order valence-corrected chi connectivity index (χ0v) is 15.0. The molecule has 0 spiro atoms. The van der Waals surface area contributed by atoms with Crippen LogP contribution in [0.5, 0.6) is 0 Å². The zero-order chi connectivity index (χ0) is 16.1. The minimum absolute atomic E-state index is 0.798. The second kappa shape index (κ2) is 7.99. The molecule has 0 atom stereocenters. The van der Waals surface area contributed by atoms with E-state index in [0.29, 0.717) is 0 Å². The molecule has 3 rings (SSSR count). The van der Waals surface area contributed by atoms with Gasteiger partial charge in [0.25, 0.3) is 0 Å². The van der Waals surface area contributed by atoms with Gasteiger partial charge in [0.2, 0.25) is 0 Å². The molecular formula is C23H32. The fraction of sp³-hybridized carbons (Fsp3) is 0.565. The Morgan fingerprint density at radius 3 is 2.30 bits per heavy atom. The van der Waals surface area contributed by atoms with Crippen molar-refractivity contribution in [3.05, 3.63) is 47.5 Å². The van der Waals surface area contributed by atoms with Crippen molar-refractivity contribution in [1.82, 2.24) is 0 Å². The fourth-order valence-electron chi connectivity index (χ4n) is 4.30. The van der Waals surface area contributed by atoms with Crippen LogP contribution in [0.4, 0.5) is 0 Å². The molecule has 0 heteroatoms. The molecule has 0 aliphatic heterocycles. The predicted octanol–water partition coefficient (Wildman–Crippen LogP) is 7.26. The zero-order valence-electron chi connectivity index (χ0n) is 15.0. The van der Waals surface area contributed by atoms with Crippen molar-refractivity contribution in [1.29, 1.82) is 0 Å². The normalized spacial score (nSPS) is 21.7. The Morgan fingerprint density at radius 2 is 1.57 bits per heavy atom. The highest BCUT2D eigenvalue weighted by molar-refractivity contribution is 5.84. The van der Waals surface area contributed by atoms with Crippen LogP contribution in [0.3, 0.4) is 0 Å². The topological polar surface area (TPSA) is 0 Å². The standard InChI is InChI=1S/C23H32/c1-3-5-7-19-10-13-23-17-22(15-14-21(23)16-19)20-11-8-18(6-4-2)9-12-20/h10,13-18,20H,3-9,11-12H2,1-2H3/t18-,20-. The van der Waals surface area contributed by atoms with E-state index in [9.17, 15) is 0 Å². The fourth-order valence-corrected chi connectivity index (χ4v) is 4.30. The summed E-state index contributed by atoms with van der Waals surface area (Å²) in [4.78, 5) is 0. The summed E-state index contributed by atoms with van der Waals surface area (Å²) in [7, 11) is 0. The summed E-state index contributed by atoms with van der Waals surface area (Å²) in [5, 5.41) is 2.85. The van der Waals surface area contributed by atoms with Gasteiger partial charge < -0.3 is 0 Å². The van der Waals surface area contributed by atoms with Crippen LogP contribution in [0.25, 0.3) is 10.8 Å². The maximum atomic E-state index is 2.46. The summed E-state index contributed by atoms with van der Waals surface area (Å²) >= 11 is 0. The van der Waals surface area contributed by atoms with E-state index < -0.39 is 0 Å². The minimum atomic E-state index is 0.798. The molecule has 0 heterocycles. The largest absolute Gasteiger partial charge is 0.0654 e. The number of hydrogen-bond acceptors (Lipinski definition) is 0. The van der Waals surface area contributed by atoms with Crippen LogP contribution in [0.15, 0.2) is 36.4 Å². The highest BCUT2D eigenvalue weighted by atomic mass is 14.3. The van der Waals surface area contributed by atoms with Crippen molar-refractivity contribution in [3.8, 4) is 0 Å². The summed E-state index contributed by atoms with van der Waals surface area (Å²) in [6, 6.07) is 14.3. The second-order valence-electron chi connectivity index (χ2n) is 7.55. The van der Waals surface area contributed by atoms with Gasteiger partial charge in [-0.05, 0) is 72.3 Å². The smallest absolute Gasteiger partial charge is 0.0162 e. The van der Waals surface area contributed by atoms with E-state index >= 15 is 0 Å². The quantitative estimate of drug-likeness (QED) is 0.527. The Balaban J connectivity index is 1.71. The van der Waals surface area contributed by atoms with Crippen molar-refractivity contribution in [2.75, 3.05) is 0 Å². The van der Waals surface area contributed by atoms with E-state index in [-0.39, 0.29) is 0 Å². The van der Waals surface area contributed by atoms with Gasteiger partial charge >= 0.3 is 0 Å². The number of benzene rings is 2. The molecule has 124 valence electrons. The Bertz CT molecular complexity index is 617. The van der Waals surface area contributed by atoms with Gasteiger partial charge in [0.15, 0.2) is 0 Å². The Morgan fingerprint density at radius 1 is 0.826 bits per heavy atom. The second-order valence-corrected chi connectivity index (χ2v) is 7.55. The molecule has 1 aliphatic rings. The van der Waals surface area contributed by atoms with Crippen LogP contribution in [-0.4, -0.2) is 0 Å². The highest BCUT2D eigenvalue weighted by Crippen LogP contribution is 2.38. The van der Waals surface area contributed by atoms with Crippen LogP contribution in [0, 0.1) is 5.92 Å². The van der Waals surface area contributed by atoms with Crippen molar-refractivity contribution in [2.45, 2.75) is 77.6 Å². The van der Waals surface area contributed by atoms with E-state index in [0.717, 1.165) is 11.8 Å². The number of aryl methyl sites for hydroxylation is 1. The maximum absolute atomic E-state index is 2.46. The van der Waals surface area contributed by atoms with Crippen LogP contribution in [0.1, 0.15) is 82.3 Å². The summed E-state index contributed by atoms with van der Waals surface area (Å²) < 4.78 is 0. The van der Waals surface area contributed by atoms with Crippen molar-refractivity contribution in [3.63, 3.8) is 0 Å². The lowest BCUT2D eigenvalue weighted by atomic mass is 9.77. The lowest BCUT2D eigenvalue weighted by Gasteiger charge is -2.28. The third-order valence-corrected chi connectivity index (χ3v) is 5.76. The van der Waals surface area contributed by atoms with Gasteiger partial charge in [0, 0.05) is 0 Å². The third-order valence-electron chi connectivity index (χ3n) is 5.76. The monoisotopic (exact) mass is 308 g/mol. The first-order valence-corrected chi connectivity index (χ1v) is 9.82. The molecule has 2 aromatic rings. The molecular weight excluding hydrogens is 276 g/mol. The van der Waals surface area contributed by atoms with Gasteiger partial charge in [0.05, 0.1) is 0 Å². The minimum Gasteiger partial charge on any atom is -0.0654 e. The molecule has 0 aromatic heterocycles. The molecule has 0 radical (unpaired) electrons. The summed E-state index contributed by atoms with van der Waals surface area (Å²) in [6.45, 7) is 4.59. The van der Waals surface area contributed by atoms with E-state index in [1.807, 2.05) is 0 Å². The van der Waals surface area contributed by atoms with E-state index in [1.54, 1.807) is 5.56 Å². The molecule has 2 aromatic carbocycles. The summed E-state index contributed by atoms with van der Waals surface area (Å²) in [5.74, 6) is 1.80. The first-order valence-electron chi connectivity index (χ1n) is 9.82. The molecule has 23 heavy (non-hydrogen) atoms. The maximum Gasteiger partial charge on any atom is -0.0162 e. The lowest BCUT2D eigenvalue weighted by molar-refractivity contribution is 0.308. The van der Waals surface area contributed by atoms with Crippen LogP contribution >= 0.6 is 0 Å². The van der Waals surface area contributed by atoms with Gasteiger partial charge in [0.1, 0.15) is 0 Å². The Hall–Kier alpha value is -1.30. The molecule has 1 fully saturated rings. The average Bonchev–Trinajstić information content (AvgIpc) is 2.60. The average molecular weight is 309 g/mol. The van der Waals surface area contributed by atoms with Crippen molar-refractivity contribution in [2.24, 2.45) is 5.92 Å². The molecule has 0 N–H and O–H groups in total. The first kappa shape index (κ1) is 16.6. The van der Waals surface area contributed by atoms with Gasteiger partial charge in [-0.25, -0.2) is 0 Å². The molecule has 0 bridgehead atoms. The molecule has 0 nitrogen and oxygen atoms in total. The van der Waals surface area contributed by atoms with Gasteiger partial charge in [-0.15, -0.1) is 0 Å².